The maximum Gasteiger partial charge on any atom is 0.249 e. The van der Waals surface area contributed by atoms with Crippen molar-refractivity contribution in [3.8, 4) is 0 Å². The minimum atomic E-state index is -1.26. The van der Waals surface area contributed by atoms with Gasteiger partial charge in [-0.15, -0.1) is 0 Å². The average Bonchev–Trinajstić information content (AvgIpc) is 3.24. The SMILES string of the molecule is CCCCCCCCCCCCCC/C=C\CCCCCCCCC(O)C(=O)NC(CO)C(O)C(O)CCCCCCCCCCCCCCCCCCCCCCC. The van der Waals surface area contributed by atoms with Crippen molar-refractivity contribution in [3.05, 3.63) is 12.2 Å². The van der Waals surface area contributed by atoms with Crippen molar-refractivity contribution in [3.63, 3.8) is 0 Å². The minimum absolute atomic E-state index is 0.365. The van der Waals surface area contributed by atoms with Crippen molar-refractivity contribution in [1.82, 2.24) is 5.32 Å². The maximum absolute atomic E-state index is 12.6. The molecule has 1 amide bonds. The molecule has 0 aromatic heterocycles. The first kappa shape index (κ1) is 58.0. The van der Waals surface area contributed by atoms with E-state index in [1.807, 2.05) is 0 Å². The van der Waals surface area contributed by atoms with Crippen molar-refractivity contribution < 1.29 is 25.2 Å². The lowest BCUT2D eigenvalue weighted by Crippen LogP contribution is -2.53. The average molecular weight is 836 g/mol. The standard InChI is InChI=1S/C53H105NO5/c1-3-5-7-9-11-13-15-17-19-21-23-25-27-29-31-33-35-37-39-41-43-45-47-51(57)53(59)54-49(48-55)52(58)50(56)46-44-42-40-38-36-34-32-30-28-26-24-22-20-18-16-14-12-10-8-6-4-2/h29,31,49-52,55-58H,3-28,30,32-48H2,1-2H3,(H,54,59)/b31-29-. The second-order valence-electron chi connectivity index (χ2n) is 18.6. The molecule has 6 heteroatoms. The predicted molar refractivity (Wildman–Crippen MR) is 256 cm³/mol. The molecule has 352 valence electrons. The van der Waals surface area contributed by atoms with Crippen LogP contribution in [0.25, 0.3) is 0 Å². The molecule has 0 heterocycles. The number of aliphatic hydroxyl groups excluding tert-OH is 4. The van der Waals surface area contributed by atoms with Crippen molar-refractivity contribution in [2.45, 2.75) is 314 Å². The Morgan fingerprint density at radius 1 is 0.407 bits per heavy atom. The van der Waals surface area contributed by atoms with Crippen LogP contribution in [0.15, 0.2) is 12.2 Å². The van der Waals surface area contributed by atoms with Gasteiger partial charge in [-0.05, 0) is 38.5 Å². The van der Waals surface area contributed by atoms with Crippen molar-refractivity contribution in [2.75, 3.05) is 6.61 Å². The van der Waals surface area contributed by atoms with Crippen LogP contribution < -0.4 is 5.32 Å². The van der Waals surface area contributed by atoms with Gasteiger partial charge in [0.25, 0.3) is 0 Å². The van der Waals surface area contributed by atoms with Gasteiger partial charge in [0.05, 0.1) is 18.8 Å². The Bertz CT molecular complexity index is 852. The van der Waals surface area contributed by atoms with Gasteiger partial charge >= 0.3 is 0 Å². The number of allylic oxidation sites excluding steroid dienone is 2. The lowest BCUT2D eigenvalue weighted by molar-refractivity contribution is -0.132. The summed E-state index contributed by atoms with van der Waals surface area (Å²) in [7, 11) is 0. The predicted octanol–water partition coefficient (Wildman–Crippen LogP) is 14.9. The highest BCUT2D eigenvalue weighted by atomic mass is 16.3. The number of nitrogens with one attached hydrogen (secondary N) is 1. The molecule has 0 aromatic carbocycles. The highest BCUT2D eigenvalue weighted by Crippen LogP contribution is 2.18. The van der Waals surface area contributed by atoms with Crippen LogP contribution >= 0.6 is 0 Å². The quantitative estimate of drug-likeness (QED) is 0.0310. The molecule has 4 atom stereocenters. The van der Waals surface area contributed by atoms with Crippen molar-refractivity contribution >= 4 is 5.91 Å². The number of rotatable bonds is 49. The number of hydrogen-bond donors (Lipinski definition) is 5. The van der Waals surface area contributed by atoms with Crippen LogP contribution in [-0.2, 0) is 4.79 Å². The largest absolute Gasteiger partial charge is 0.394 e. The first-order chi connectivity index (χ1) is 29.0. The fraction of sp³-hybridized carbons (Fsp3) is 0.943. The molecule has 5 N–H and O–H groups in total. The van der Waals surface area contributed by atoms with Crippen LogP contribution in [0.1, 0.15) is 290 Å². The van der Waals surface area contributed by atoms with E-state index in [0.717, 1.165) is 44.9 Å². The molecule has 0 aliphatic carbocycles. The summed E-state index contributed by atoms with van der Waals surface area (Å²) >= 11 is 0. The van der Waals surface area contributed by atoms with Gasteiger partial charge in [-0.2, -0.15) is 0 Å². The number of amides is 1. The van der Waals surface area contributed by atoms with E-state index in [1.165, 1.54) is 218 Å². The van der Waals surface area contributed by atoms with Crippen LogP contribution in [-0.4, -0.2) is 57.3 Å². The highest BCUT2D eigenvalue weighted by Gasteiger charge is 2.28. The monoisotopic (exact) mass is 836 g/mol. The lowest BCUT2D eigenvalue weighted by atomic mass is 9.99. The van der Waals surface area contributed by atoms with E-state index in [1.54, 1.807) is 0 Å². The van der Waals surface area contributed by atoms with Crippen molar-refractivity contribution in [2.24, 2.45) is 0 Å². The van der Waals surface area contributed by atoms with Crippen LogP contribution in [0.2, 0.25) is 0 Å². The van der Waals surface area contributed by atoms with E-state index in [-0.39, 0.29) is 0 Å². The van der Waals surface area contributed by atoms with E-state index in [0.29, 0.717) is 12.8 Å². The zero-order valence-electron chi connectivity index (χ0n) is 39.8. The maximum atomic E-state index is 12.6. The van der Waals surface area contributed by atoms with E-state index in [2.05, 4.69) is 31.3 Å². The summed E-state index contributed by atoms with van der Waals surface area (Å²) in [5, 5.41) is 43.9. The lowest BCUT2D eigenvalue weighted by Gasteiger charge is -2.27. The van der Waals surface area contributed by atoms with Gasteiger partial charge in [-0.3, -0.25) is 4.79 Å². The van der Waals surface area contributed by atoms with Crippen LogP contribution in [0.5, 0.6) is 0 Å². The van der Waals surface area contributed by atoms with Gasteiger partial charge in [0.1, 0.15) is 12.2 Å². The number of unbranched alkanes of at least 4 members (excludes halogenated alkanes) is 38. The van der Waals surface area contributed by atoms with Gasteiger partial charge in [0.15, 0.2) is 0 Å². The molecule has 0 bridgehead atoms. The molecule has 0 saturated heterocycles. The molecule has 0 aliphatic rings. The third kappa shape index (κ3) is 42.1. The Hall–Kier alpha value is -0.950. The van der Waals surface area contributed by atoms with Gasteiger partial charge < -0.3 is 25.7 Å². The molecule has 6 nitrogen and oxygen atoms in total. The third-order valence-electron chi connectivity index (χ3n) is 12.7. The summed E-state index contributed by atoms with van der Waals surface area (Å²) in [5.41, 5.74) is 0. The summed E-state index contributed by atoms with van der Waals surface area (Å²) in [5.74, 6) is -0.584. The van der Waals surface area contributed by atoms with Gasteiger partial charge in [-0.25, -0.2) is 0 Å². The molecular weight excluding hydrogens is 731 g/mol. The molecule has 0 radical (unpaired) electrons. The molecule has 0 rings (SSSR count). The van der Waals surface area contributed by atoms with E-state index >= 15 is 0 Å². The van der Waals surface area contributed by atoms with Crippen LogP contribution in [0.4, 0.5) is 0 Å². The molecule has 0 aromatic rings. The van der Waals surface area contributed by atoms with E-state index in [4.69, 9.17) is 0 Å². The summed E-state index contributed by atoms with van der Waals surface area (Å²) in [6, 6.07) is -0.986. The zero-order chi connectivity index (χ0) is 43.1. The van der Waals surface area contributed by atoms with Crippen LogP contribution in [0, 0.1) is 0 Å². The Morgan fingerprint density at radius 3 is 0.983 bits per heavy atom. The van der Waals surface area contributed by atoms with Crippen LogP contribution in [0.3, 0.4) is 0 Å². The number of carbonyl (C=O) groups is 1. The summed E-state index contributed by atoms with van der Waals surface area (Å²) in [6.45, 7) is 4.09. The van der Waals surface area contributed by atoms with E-state index < -0.39 is 36.9 Å². The summed E-state index contributed by atoms with van der Waals surface area (Å²) in [4.78, 5) is 12.6. The van der Waals surface area contributed by atoms with E-state index in [9.17, 15) is 25.2 Å². The second kappa shape index (κ2) is 48.1. The van der Waals surface area contributed by atoms with Gasteiger partial charge in [0.2, 0.25) is 5.91 Å². The summed E-state index contributed by atoms with van der Waals surface area (Å²) < 4.78 is 0. The Morgan fingerprint density at radius 2 is 0.678 bits per heavy atom. The first-order valence-corrected chi connectivity index (χ1v) is 26.6. The Labute approximate surface area is 368 Å². The Balaban J connectivity index is 3.65. The van der Waals surface area contributed by atoms with Gasteiger partial charge in [0, 0.05) is 0 Å². The molecule has 0 spiro atoms. The molecule has 0 aliphatic heterocycles. The fourth-order valence-corrected chi connectivity index (χ4v) is 8.52. The smallest absolute Gasteiger partial charge is 0.249 e. The van der Waals surface area contributed by atoms with Gasteiger partial charge in [-0.1, -0.05) is 264 Å². The topological polar surface area (TPSA) is 110 Å². The highest BCUT2D eigenvalue weighted by molar-refractivity contribution is 5.80. The second-order valence-corrected chi connectivity index (χ2v) is 18.6. The number of hydrogen-bond acceptors (Lipinski definition) is 5. The summed E-state index contributed by atoms with van der Waals surface area (Å²) in [6.07, 6.45) is 55.5. The van der Waals surface area contributed by atoms with Crippen molar-refractivity contribution in [1.29, 1.82) is 0 Å². The normalized spacial score (nSPS) is 13.9. The fourth-order valence-electron chi connectivity index (χ4n) is 8.52. The first-order valence-electron chi connectivity index (χ1n) is 26.6. The number of carbonyl (C=O) groups excluding carboxylic acids is 1. The Kier molecular flexibility index (Phi) is 47.3. The molecular formula is C53H105NO5. The third-order valence-corrected chi connectivity index (χ3v) is 12.7. The number of aliphatic hydroxyl groups is 4. The molecule has 4 unspecified atom stereocenters. The molecule has 0 fully saturated rings. The zero-order valence-corrected chi connectivity index (χ0v) is 39.8. The molecule has 59 heavy (non-hydrogen) atoms. The minimum Gasteiger partial charge on any atom is -0.394 e. The molecule has 0 saturated carbocycles.